The van der Waals surface area contributed by atoms with Gasteiger partial charge in [0.15, 0.2) is 0 Å². The van der Waals surface area contributed by atoms with Crippen LogP contribution in [0.25, 0.3) is 0 Å². The molecule has 0 spiro atoms. The number of pyridine rings is 2. The van der Waals surface area contributed by atoms with E-state index >= 15 is 0 Å². The first-order valence-corrected chi connectivity index (χ1v) is 8.93. The van der Waals surface area contributed by atoms with Gasteiger partial charge in [0.2, 0.25) is 0 Å². The molecule has 0 aliphatic carbocycles. The molecule has 1 N–H and O–H groups in total. The van der Waals surface area contributed by atoms with E-state index in [0.29, 0.717) is 18.8 Å². The number of aromatic nitrogens is 2. The number of unbranched alkanes of at least 4 members (excludes halogenated alkanes) is 1. The first kappa shape index (κ1) is 17.2. The molecule has 6 heteroatoms. The van der Waals surface area contributed by atoms with Gasteiger partial charge in [-0.1, -0.05) is 19.4 Å². The Morgan fingerprint density at radius 2 is 1.96 bits per heavy atom. The zero-order valence-corrected chi connectivity index (χ0v) is 14.7. The summed E-state index contributed by atoms with van der Waals surface area (Å²) in [4.78, 5) is 25.4. The van der Waals surface area contributed by atoms with Crippen molar-refractivity contribution in [2.45, 2.75) is 19.8 Å². The van der Waals surface area contributed by atoms with Gasteiger partial charge in [-0.25, -0.2) is 4.98 Å². The smallest absolute Gasteiger partial charge is 0.272 e. The van der Waals surface area contributed by atoms with Gasteiger partial charge in [-0.05, 0) is 30.7 Å². The lowest BCUT2D eigenvalue weighted by molar-refractivity contribution is 0.0740. The number of hydrogen-bond donors (Lipinski definition) is 1. The maximum absolute atomic E-state index is 12.7. The van der Waals surface area contributed by atoms with E-state index in [4.69, 9.17) is 0 Å². The van der Waals surface area contributed by atoms with Crippen LogP contribution in [0.15, 0.2) is 42.7 Å². The molecule has 3 rings (SSSR count). The first-order chi connectivity index (χ1) is 12.3. The van der Waals surface area contributed by atoms with Crippen LogP contribution < -0.4 is 10.2 Å². The number of nitrogens with zero attached hydrogens (tertiary/aromatic N) is 4. The number of hydrogen-bond acceptors (Lipinski definition) is 5. The molecule has 0 radical (unpaired) electrons. The molecule has 0 saturated carbocycles. The lowest BCUT2D eigenvalue weighted by Crippen LogP contribution is -2.49. The SMILES string of the molecule is CCCCNc1ccnc(C(=O)N2CCN(c3ccccn3)CC2)c1. The summed E-state index contributed by atoms with van der Waals surface area (Å²) < 4.78 is 0. The van der Waals surface area contributed by atoms with E-state index in [1.165, 1.54) is 0 Å². The standard InChI is InChI=1S/C19H25N5O/c1-2-3-8-20-16-7-10-21-17(15-16)19(25)24-13-11-23(12-14-24)18-6-4-5-9-22-18/h4-7,9-10,15H,2-3,8,11-14H2,1H3,(H,20,21). The van der Waals surface area contributed by atoms with E-state index in [9.17, 15) is 4.79 Å². The highest BCUT2D eigenvalue weighted by Crippen LogP contribution is 2.15. The molecule has 1 aliphatic heterocycles. The normalized spacial score (nSPS) is 14.4. The zero-order chi connectivity index (χ0) is 17.5. The number of nitrogens with one attached hydrogen (secondary N) is 1. The van der Waals surface area contributed by atoms with Crippen molar-refractivity contribution in [3.05, 3.63) is 48.4 Å². The topological polar surface area (TPSA) is 61.4 Å². The quantitative estimate of drug-likeness (QED) is 0.820. The van der Waals surface area contributed by atoms with Crippen LogP contribution in [0.4, 0.5) is 11.5 Å². The van der Waals surface area contributed by atoms with E-state index in [2.05, 4.69) is 27.1 Å². The molecule has 3 heterocycles. The van der Waals surface area contributed by atoms with Crippen LogP contribution in [0, 0.1) is 0 Å². The van der Waals surface area contributed by atoms with Crippen LogP contribution in [-0.4, -0.2) is 53.5 Å². The average molecular weight is 339 g/mol. The van der Waals surface area contributed by atoms with E-state index in [1.807, 2.05) is 35.2 Å². The summed E-state index contributed by atoms with van der Waals surface area (Å²) in [6.45, 7) is 6.02. The molecule has 0 unspecified atom stereocenters. The van der Waals surface area contributed by atoms with Gasteiger partial charge >= 0.3 is 0 Å². The highest BCUT2D eigenvalue weighted by atomic mass is 16.2. The highest BCUT2D eigenvalue weighted by molar-refractivity contribution is 5.93. The number of rotatable bonds is 6. The molecule has 132 valence electrons. The van der Waals surface area contributed by atoms with Crippen LogP contribution >= 0.6 is 0 Å². The Bertz CT molecular complexity index is 683. The molecule has 2 aromatic heterocycles. The van der Waals surface area contributed by atoms with Crippen LogP contribution in [-0.2, 0) is 0 Å². The van der Waals surface area contributed by atoms with Crippen molar-refractivity contribution in [2.24, 2.45) is 0 Å². The van der Waals surface area contributed by atoms with Gasteiger partial charge in [0.1, 0.15) is 11.5 Å². The fraction of sp³-hybridized carbons (Fsp3) is 0.421. The Morgan fingerprint density at radius 3 is 2.68 bits per heavy atom. The Kier molecular flexibility index (Phi) is 5.82. The summed E-state index contributed by atoms with van der Waals surface area (Å²) in [5.74, 6) is 0.967. The minimum absolute atomic E-state index is 0.000174. The summed E-state index contributed by atoms with van der Waals surface area (Å²) in [5, 5.41) is 3.35. The predicted molar refractivity (Wildman–Crippen MR) is 100.0 cm³/mol. The van der Waals surface area contributed by atoms with Crippen molar-refractivity contribution >= 4 is 17.4 Å². The van der Waals surface area contributed by atoms with Gasteiger partial charge in [0.25, 0.3) is 5.91 Å². The molecule has 0 aromatic carbocycles. The third kappa shape index (κ3) is 4.47. The number of anilines is 2. The largest absolute Gasteiger partial charge is 0.385 e. The van der Waals surface area contributed by atoms with Crippen LogP contribution in [0.5, 0.6) is 0 Å². The molecule has 1 aliphatic rings. The maximum Gasteiger partial charge on any atom is 0.272 e. The third-order valence-corrected chi connectivity index (χ3v) is 4.38. The van der Waals surface area contributed by atoms with E-state index in [1.54, 1.807) is 12.4 Å². The molecule has 1 fully saturated rings. The number of piperazine rings is 1. The molecule has 0 bridgehead atoms. The van der Waals surface area contributed by atoms with E-state index in [0.717, 1.165) is 44.0 Å². The molecular formula is C19H25N5O. The van der Waals surface area contributed by atoms with Gasteiger partial charge in [0.05, 0.1) is 0 Å². The first-order valence-electron chi connectivity index (χ1n) is 8.93. The molecular weight excluding hydrogens is 314 g/mol. The second kappa shape index (κ2) is 8.46. The Labute approximate surface area is 148 Å². The van der Waals surface area contributed by atoms with Crippen molar-refractivity contribution in [2.75, 3.05) is 42.9 Å². The zero-order valence-electron chi connectivity index (χ0n) is 14.7. The van der Waals surface area contributed by atoms with Crippen molar-refractivity contribution < 1.29 is 4.79 Å². The lowest BCUT2D eigenvalue weighted by atomic mass is 10.2. The lowest BCUT2D eigenvalue weighted by Gasteiger charge is -2.35. The van der Waals surface area contributed by atoms with E-state index < -0.39 is 0 Å². The molecule has 1 saturated heterocycles. The van der Waals surface area contributed by atoms with Crippen molar-refractivity contribution in [3.63, 3.8) is 0 Å². The summed E-state index contributed by atoms with van der Waals surface area (Å²) in [7, 11) is 0. The Balaban J connectivity index is 1.58. The molecule has 6 nitrogen and oxygen atoms in total. The number of amides is 1. The Morgan fingerprint density at radius 1 is 1.12 bits per heavy atom. The average Bonchev–Trinajstić information content (AvgIpc) is 2.69. The molecule has 0 atom stereocenters. The van der Waals surface area contributed by atoms with Crippen LogP contribution in [0.2, 0.25) is 0 Å². The van der Waals surface area contributed by atoms with Gasteiger partial charge in [0, 0.05) is 50.8 Å². The molecule has 25 heavy (non-hydrogen) atoms. The summed E-state index contributed by atoms with van der Waals surface area (Å²) in [5.41, 5.74) is 1.46. The number of carbonyl (C=O) groups is 1. The minimum atomic E-state index is -0.000174. The van der Waals surface area contributed by atoms with Crippen LogP contribution in [0.3, 0.4) is 0 Å². The Hall–Kier alpha value is -2.63. The minimum Gasteiger partial charge on any atom is -0.385 e. The second-order valence-electron chi connectivity index (χ2n) is 6.18. The predicted octanol–water partition coefficient (Wildman–Crippen LogP) is 2.65. The fourth-order valence-electron chi connectivity index (χ4n) is 2.91. The summed E-state index contributed by atoms with van der Waals surface area (Å²) in [6.07, 6.45) is 5.75. The summed E-state index contributed by atoms with van der Waals surface area (Å²) >= 11 is 0. The van der Waals surface area contributed by atoms with Gasteiger partial charge < -0.3 is 15.1 Å². The van der Waals surface area contributed by atoms with Crippen molar-refractivity contribution in [3.8, 4) is 0 Å². The van der Waals surface area contributed by atoms with Gasteiger partial charge in [-0.2, -0.15) is 0 Å². The van der Waals surface area contributed by atoms with E-state index in [-0.39, 0.29) is 5.91 Å². The van der Waals surface area contributed by atoms with Crippen LogP contribution in [0.1, 0.15) is 30.3 Å². The summed E-state index contributed by atoms with van der Waals surface area (Å²) in [6, 6.07) is 9.66. The maximum atomic E-state index is 12.7. The monoisotopic (exact) mass is 339 g/mol. The van der Waals surface area contributed by atoms with Crippen molar-refractivity contribution in [1.82, 2.24) is 14.9 Å². The van der Waals surface area contributed by atoms with Crippen molar-refractivity contribution in [1.29, 1.82) is 0 Å². The van der Waals surface area contributed by atoms with Gasteiger partial charge in [-0.3, -0.25) is 9.78 Å². The highest BCUT2D eigenvalue weighted by Gasteiger charge is 2.23. The third-order valence-electron chi connectivity index (χ3n) is 4.38. The fourth-order valence-corrected chi connectivity index (χ4v) is 2.91. The second-order valence-corrected chi connectivity index (χ2v) is 6.18. The molecule has 1 amide bonds. The molecule has 2 aromatic rings. The van der Waals surface area contributed by atoms with Gasteiger partial charge in [-0.15, -0.1) is 0 Å². The number of carbonyl (C=O) groups excluding carboxylic acids is 1.